The number of likely N-dealkylation sites (tertiary alicyclic amines) is 1. The zero-order chi connectivity index (χ0) is 16.6. The first kappa shape index (κ1) is 15.9. The molecule has 0 bridgehead atoms. The van der Waals surface area contributed by atoms with Crippen LogP contribution < -0.4 is 4.74 Å². The first-order chi connectivity index (χ1) is 10.9. The van der Waals surface area contributed by atoms with Crippen LogP contribution >= 0.6 is 11.3 Å². The van der Waals surface area contributed by atoms with Crippen molar-refractivity contribution in [1.29, 1.82) is 0 Å². The number of carbonyl (C=O) groups is 1. The Kier molecular flexibility index (Phi) is 4.30. The van der Waals surface area contributed by atoms with Crippen LogP contribution in [0.25, 0.3) is 0 Å². The summed E-state index contributed by atoms with van der Waals surface area (Å²) in [5, 5.41) is 0.918. The van der Waals surface area contributed by atoms with E-state index >= 15 is 0 Å². The molecule has 2 aromatic rings. The van der Waals surface area contributed by atoms with Crippen molar-refractivity contribution in [1.82, 2.24) is 19.9 Å². The normalized spacial score (nSPS) is 17.6. The van der Waals surface area contributed by atoms with Gasteiger partial charge in [-0.3, -0.25) is 4.79 Å². The average molecular weight is 332 g/mol. The molecule has 1 aliphatic rings. The van der Waals surface area contributed by atoms with Crippen molar-refractivity contribution in [3.63, 3.8) is 0 Å². The minimum Gasteiger partial charge on any atom is -0.458 e. The lowest BCUT2D eigenvalue weighted by Crippen LogP contribution is -2.31. The van der Waals surface area contributed by atoms with Crippen molar-refractivity contribution in [2.75, 3.05) is 13.1 Å². The summed E-state index contributed by atoms with van der Waals surface area (Å²) in [5.41, 5.74) is 2.57. The monoisotopic (exact) mass is 332 g/mol. The van der Waals surface area contributed by atoms with Crippen molar-refractivity contribution in [3.8, 4) is 6.01 Å². The van der Waals surface area contributed by atoms with Gasteiger partial charge in [0, 0.05) is 24.4 Å². The van der Waals surface area contributed by atoms with E-state index in [-0.39, 0.29) is 12.0 Å². The standard InChI is InChI=1S/C16H20N4O2S/c1-9-7-10(2)18-16(17-9)22-13-5-6-20(8-13)15(21)14-11(3)19-12(4)23-14/h7,13H,5-6,8H2,1-4H3/t13-/m1/s1. The molecular weight excluding hydrogens is 312 g/mol. The van der Waals surface area contributed by atoms with Gasteiger partial charge in [-0.15, -0.1) is 11.3 Å². The number of hydrogen-bond donors (Lipinski definition) is 0. The second kappa shape index (κ2) is 6.23. The SMILES string of the molecule is Cc1cc(C)nc(O[C@@H]2CCN(C(=O)c3sc(C)nc3C)C2)n1. The molecule has 0 aromatic carbocycles. The van der Waals surface area contributed by atoms with Crippen molar-refractivity contribution >= 4 is 17.2 Å². The van der Waals surface area contributed by atoms with E-state index < -0.39 is 0 Å². The highest BCUT2D eigenvalue weighted by atomic mass is 32.1. The van der Waals surface area contributed by atoms with E-state index in [1.165, 1.54) is 11.3 Å². The molecule has 1 amide bonds. The Labute approximate surface area is 139 Å². The van der Waals surface area contributed by atoms with Crippen molar-refractivity contribution in [2.24, 2.45) is 0 Å². The van der Waals surface area contributed by atoms with Gasteiger partial charge in [-0.1, -0.05) is 0 Å². The van der Waals surface area contributed by atoms with Crippen LogP contribution in [0.2, 0.25) is 0 Å². The van der Waals surface area contributed by atoms with Gasteiger partial charge < -0.3 is 9.64 Å². The molecule has 0 saturated carbocycles. The summed E-state index contributed by atoms with van der Waals surface area (Å²) < 4.78 is 5.86. The van der Waals surface area contributed by atoms with E-state index in [1.807, 2.05) is 38.7 Å². The molecule has 1 aliphatic heterocycles. The molecule has 1 atom stereocenters. The fourth-order valence-corrected chi connectivity index (χ4v) is 3.67. The van der Waals surface area contributed by atoms with Gasteiger partial charge in [0.2, 0.25) is 0 Å². The smallest absolute Gasteiger partial charge is 0.317 e. The predicted molar refractivity (Wildman–Crippen MR) is 88.0 cm³/mol. The topological polar surface area (TPSA) is 68.2 Å². The summed E-state index contributed by atoms with van der Waals surface area (Å²) >= 11 is 1.45. The number of nitrogens with zero attached hydrogens (tertiary/aromatic N) is 4. The molecule has 0 unspecified atom stereocenters. The van der Waals surface area contributed by atoms with Crippen LogP contribution in [0.1, 0.15) is 38.2 Å². The summed E-state index contributed by atoms with van der Waals surface area (Å²) in [6.07, 6.45) is 0.730. The average Bonchev–Trinajstić information content (AvgIpc) is 3.03. The summed E-state index contributed by atoms with van der Waals surface area (Å²) in [5.74, 6) is 0.0422. The molecule has 3 rings (SSSR count). The molecule has 3 heterocycles. The number of carbonyl (C=O) groups excluding carboxylic acids is 1. The van der Waals surface area contributed by atoms with Crippen molar-refractivity contribution in [3.05, 3.63) is 33.0 Å². The maximum absolute atomic E-state index is 12.6. The van der Waals surface area contributed by atoms with E-state index in [4.69, 9.17) is 4.74 Å². The zero-order valence-electron chi connectivity index (χ0n) is 13.8. The van der Waals surface area contributed by atoms with Crippen LogP contribution in [0.5, 0.6) is 6.01 Å². The molecule has 0 spiro atoms. The lowest BCUT2D eigenvalue weighted by atomic mass is 10.3. The van der Waals surface area contributed by atoms with Gasteiger partial charge >= 0.3 is 6.01 Å². The molecule has 0 N–H and O–H groups in total. The molecule has 2 aromatic heterocycles. The number of ether oxygens (including phenoxy) is 1. The molecule has 6 nitrogen and oxygen atoms in total. The van der Waals surface area contributed by atoms with E-state index in [2.05, 4.69) is 15.0 Å². The number of thiazole rings is 1. The number of hydrogen-bond acceptors (Lipinski definition) is 6. The zero-order valence-corrected chi connectivity index (χ0v) is 14.6. The maximum atomic E-state index is 12.6. The van der Waals surface area contributed by atoms with Gasteiger partial charge in [-0.05, 0) is 33.8 Å². The van der Waals surface area contributed by atoms with Gasteiger partial charge in [0.05, 0.1) is 17.2 Å². The number of rotatable bonds is 3. The lowest BCUT2D eigenvalue weighted by Gasteiger charge is -2.16. The molecular formula is C16H20N4O2S. The Morgan fingerprint density at radius 3 is 2.52 bits per heavy atom. The van der Waals surface area contributed by atoms with Crippen LogP contribution in [0.4, 0.5) is 0 Å². The molecule has 1 saturated heterocycles. The highest BCUT2D eigenvalue weighted by Crippen LogP contribution is 2.23. The Bertz CT molecular complexity index is 723. The quantitative estimate of drug-likeness (QED) is 0.863. The van der Waals surface area contributed by atoms with Crippen molar-refractivity contribution < 1.29 is 9.53 Å². The highest BCUT2D eigenvalue weighted by molar-refractivity contribution is 7.13. The molecule has 1 fully saturated rings. The minimum atomic E-state index is -0.0607. The fourth-order valence-electron chi connectivity index (χ4n) is 2.78. The van der Waals surface area contributed by atoms with E-state index in [0.717, 1.165) is 33.4 Å². The first-order valence-corrected chi connectivity index (χ1v) is 8.46. The van der Waals surface area contributed by atoms with Crippen molar-refractivity contribution in [2.45, 2.75) is 40.2 Å². The van der Waals surface area contributed by atoms with Gasteiger partial charge in [0.1, 0.15) is 11.0 Å². The lowest BCUT2D eigenvalue weighted by molar-refractivity contribution is 0.0773. The summed E-state index contributed by atoms with van der Waals surface area (Å²) in [7, 11) is 0. The maximum Gasteiger partial charge on any atom is 0.317 e. The van der Waals surface area contributed by atoms with Gasteiger partial charge in [-0.2, -0.15) is 0 Å². The van der Waals surface area contributed by atoms with Crippen LogP contribution in [0, 0.1) is 27.7 Å². The van der Waals surface area contributed by atoms with Crippen LogP contribution in [0.15, 0.2) is 6.07 Å². The minimum absolute atomic E-state index is 0.0422. The van der Waals surface area contributed by atoms with E-state index in [9.17, 15) is 4.79 Å². The van der Waals surface area contributed by atoms with Crippen LogP contribution in [-0.2, 0) is 0 Å². The Balaban J connectivity index is 1.66. The number of aromatic nitrogens is 3. The second-order valence-corrected chi connectivity index (χ2v) is 7.06. The van der Waals surface area contributed by atoms with E-state index in [0.29, 0.717) is 19.1 Å². The van der Waals surface area contributed by atoms with Crippen LogP contribution in [-0.4, -0.2) is 45.0 Å². The third kappa shape index (κ3) is 3.50. The summed E-state index contributed by atoms with van der Waals surface area (Å²) in [6.45, 7) is 8.88. The Hall–Kier alpha value is -2.02. The number of aryl methyl sites for hydroxylation is 4. The molecule has 23 heavy (non-hydrogen) atoms. The second-order valence-electron chi connectivity index (χ2n) is 5.86. The summed E-state index contributed by atoms with van der Waals surface area (Å²) in [4.78, 5) is 28.1. The molecule has 7 heteroatoms. The van der Waals surface area contributed by atoms with Gasteiger partial charge in [-0.25, -0.2) is 15.0 Å². The largest absolute Gasteiger partial charge is 0.458 e. The Morgan fingerprint density at radius 2 is 1.91 bits per heavy atom. The highest BCUT2D eigenvalue weighted by Gasteiger charge is 2.30. The Morgan fingerprint density at radius 1 is 1.22 bits per heavy atom. The summed E-state index contributed by atoms with van der Waals surface area (Å²) in [6, 6.07) is 2.30. The number of amides is 1. The first-order valence-electron chi connectivity index (χ1n) is 7.64. The van der Waals surface area contributed by atoms with Crippen LogP contribution in [0.3, 0.4) is 0 Å². The predicted octanol–water partition coefficient (Wildman–Crippen LogP) is 2.46. The molecule has 0 aliphatic carbocycles. The molecule has 122 valence electrons. The third-order valence-electron chi connectivity index (χ3n) is 3.76. The van der Waals surface area contributed by atoms with Gasteiger partial charge in [0.25, 0.3) is 5.91 Å². The van der Waals surface area contributed by atoms with Gasteiger partial charge in [0.15, 0.2) is 0 Å². The fraction of sp³-hybridized carbons (Fsp3) is 0.500. The van der Waals surface area contributed by atoms with E-state index in [1.54, 1.807) is 0 Å². The molecule has 0 radical (unpaired) electrons. The third-order valence-corrected chi connectivity index (χ3v) is 4.82.